The third-order valence-corrected chi connectivity index (χ3v) is 4.11. The van der Waals surface area contributed by atoms with E-state index in [2.05, 4.69) is 26.1 Å². The molecular formula is C11H19BrN2O. The van der Waals surface area contributed by atoms with Crippen molar-refractivity contribution in [1.29, 1.82) is 0 Å². The number of halogens is 1. The smallest absolute Gasteiger partial charge is 0.224 e. The highest BCUT2D eigenvalue weighted by atomic mass is 79.9. The zero-order valence-electron chi connectivity index (χ0n) is 9.04. The molecule has 2 unspecified atom stereocenters. The Bertz CT molecular complexity index is 235. The van der Waals surface area contributed by atoms with Gasteiger partial charge in [-0.3, -0.25) is 9.69 Å². The fourth-order valence-corrected chi connectivity index (χ4v) is 3.12. The summed E-state index contributed by atoms with van der Waals surface area (Å²) in [5.41, 5.74) is 0. The van der Waals surface area contributed by atoms with Crippen molar-refractivity contribution in [2.45, 2.75) is 31.7 Å². The number of nitrogens with zero attached hydrogens (tertiary/aromatic N) is 1. The number of hydrogen-bond donors (Lipinski definition) is 1. The van der Waals surface area contributed by atoms with E-state index in [4.69, 9.17) is 0 Å². The SMILES string of the molecule is O=C1NCC2C1CCCN2CCCCBr. The monoisotopic (exact) mass is 274 g/mol. The van der Waals surface area contributed by atoms with E-state index in [-0.39, 0.29) is 11.8 Å². The molecule has 4 heteroatoms. The van der Waals surface area contributed by atoms with Crippen LogP contribution in [0.1, 0.15) is 25.7 Å². The predicted molar refractivity (Wildman–Crippen MR) is 64.1 cm³/mol. The summed E-state index contributed by atoms with van der Waals surface area (Å²) in [4.78, 5) is 14.0. The number of likely N-dealkylation sites (tertiary alicyclic amines) is 1. The minimum atomic E-state index is 0.280. The third kappa shape index (κ3) is 2.53. The predicted octanol–water partition coefficient (Wildman–Crippen LogP) is 1.37. The van der Waals surface area contributed by atoms with Crippen LogP contribution in [0.3, 0.4) is 0 Å². The van der Waals surface area contributed by atoms with Crippen LogP contribution in [-0.4, -0.2) is 41.8 Å². The Hall–Kier alpha value is -0.0900. The quantitative estimate of drug-likeness (QED) is 0.621. The molecule has 86 valence electrons. The first kappa shape index (κ1) is 11.4. The number of nitrogens with one attached hydrogen (secondary N) is 1. The van der Waals surface area contributed by atoms with Crippen molar-refractivity contribution >= 4 is 21.8 Å². The Morgan fingerprint density at radius 2 is 2.33 bits per heavy atom. The summed E-state index contributed by atoms with van der Waals surface area (Å²) in [6.07, 6.45) is 4.74. The number of carbonyl (C=O) groups is 1. The van der Waals surface area contributed by atoms with Crippen molar-refractivity contribution in [3.63, 3.8) is 0 Å². The van der Waals surface area contributed by atoms with Gasteiger partial charge in [0.1, 0.15) is 0 Å². The molecule has 0 radical (unpaired) electrons. The summed E-state index contributed by atoms with van der Waals surface area (Å²) in [7, 11) is 0. The maximum absolute atomic E-state index is 11.5. The molecule has 0 aromatic rings. The van der Waals surface area contributed by atoms with E-state index in [1.165, 1.54) is 25.8 Å². The minimum absolute atomic E-state index is 0.280. The molecule has 2 aliphatic heterocycles. The second-order valence-electron chi connectivity index (χ2n) is 4.49. The molecule has 0 aromatic heterocycles. The lowest BCUT2D eigenvalue weighted by Gasteiger charge is -2.35. The summed E-state index contributed by atoms with van der Waals surface area (Å²) in [6.45, 7) is 3.21. The maximum Gasteiger partial charge on any atom is 0.224 e. The number of alkyl halides is 1. The molecule has 1 amide bonds. The van der Waals surface area contributed by atoms with Crippen molar-refractivity contribution in [3.8, 4) is 0 Å². The van der Waals surface area contributed by atoms with Crippen LogP contribution in [0.25, 0.3) is 0 Å². The van der Waals surface area contributed by atoms with Gasteiger partial charge in [-0.1, -0.05) is 15.9 Å². The van der Waals surface area contributed by atoms with Crippen molar-refractivity contribution in [1.82, 2.24) is 10.2 Å². The van der Waals surface area contributed by atoms with E-state index >= 15 is 0 Å². The Morgan fingerprint density at radius 3 is 3.13 bits per heavy atom. The average Bonchev–Trinajstić information content (AvgIpc) is 2.62. The van der Waals surface area contributed by atoms with Gasteiger partial charge in [-0.2, -0.15) is 0 Å². The highest BCUT2D eigenvalue weighted by Crippen LogP contribution is 2.27. The fraction of sp³-hybridized carbons (Fsp3) is 0.909. The van der Waals surface area contributed by atoms with Crippen molar-refractivity contribution < 1.29 is 4.79 Å². The zero-order valence-corrected chi connectivity index (χ0v) is 10.6. The minimum Gasteiger partial charge on any atom is -0.354 e. The first-order valence-corrected chi connectivity index (χ1v) is 7.03. The van der Waals surface area contributed by atoms with E-state index < -0.39 is 0 Å². The molecule has 0 spiro atoms. The highest BCUT2D eigenvalue weighted by molar-refractivity contribution is 9.09. The molecule has 2 rings (SSSR count). The molecular weight excluding hydrogens is 256 g/mol. The molecule has 15 heavy (non-hydrogen) atoms. The van der Waals surface area contributed by atoms with Crippen LogP contribution < -0.4 is 5.32 Å². The number of carbonyl (C=O) groups excluding carboxylic acids is 1. The van der Waals surface area contributed by atoms with Gasteiger partial charge in [-0.15, -0.1) is 0 Å². The number of hydrogen-bond acceptors (Lipinski definition) is 2. The molecule has 0 saturated carbocycles. The van der Waals surface area contributed by atoms with E-state index in [9.17, 15) is 4.79 Å². The average molecular weight is 275 g/mol. The van der Waals surface area contributed by atoms with Crippen LogP contribution >= 0.6 is 15.9 Å². The summed E-state index contributed by atoms with van der Waals surface area (Å²) < 4.78 is 0. The van der Waals surface area contributed by atoms with E-state index in [1.807, 2.05) is 0 Å². The van der Waals surface area contributed by atoms with Gasteiger partial charge in [0.25, 0.3) is 0 Å². The van der Waals surface area contributed by atoms with Crippen LogP contribution in [0.5, 0.6) is 0 Å². The Morgan fingerprint density at radius 1 is 1.47 bits per heavy atom. The van der Waals surface area contributed by atoms with Gasteiger partial charge in [-0.05, 0) is 38.8 Å². The van der Waals surface area contributed by atoms with Gasteiger partial charge in [-0.25, -0.2) is 0 Å². The van der Waals surface area contributed by atoms with Gasteiger partial charge in [0.2, 0.25) is 5.91 Å². The molecule has 2 aliphatic rings. The Labute approximate surface area is 99.7 Å². The molecule has 3 nitrogen and oxygen atoms in total. The number of rotatable bonds is 4. The largest absolute Gasteiger partial charge is 0.354 e. The molecule has 2 atom stereocenters. The lowest BCUT2D eigenvalue weighted by Crippen LogP contribution is -2.45. The summed E-state index contributed by atoms with van der Waals surface area (Å²) in [5.74, 6) is 0.563. The molecule has 1 N–H and O–H groups in total. The van der Waals surface area contributed by atoms with Crippen LogP contribution in [0, 0.1) is 5.92 Å². The van der Waals surface area contributed by atoms with Gasteiger partial charge >= 0.3 is 0 Å². The van der Waals surface area contributed by atoms with Crippen LogP contribution in [0.4, 0.5) is 0 Å². The zero-order chi connectivity index (χ0) is 10.7. The van der Waals surface area contributed by atoms with Crippen molar-refractivity contribution in [2.24, 2.45) is 5.92 Å². The molecule has 2 fully saturated rings. The third-order valence-electron chi connectivity index (χ3n) is 3.55. The second kappa shape index (κ2) is 5.30. The van der Waals surface area contributed by atoms with Gasteiger partial charge in [0.05, 0.1) is 5.92 Å². The van der Waals surface area contributed by atoms with E-state index in [0.717, 1.165) is 24.8 Å². The lowest BCUT2D eigenvalue weighted by atomic mass is 9.91. The first-order chi connectivity index (χ1) is 7.33. The first-order valence-electron chi connectivity index (χ1n) is 5.90. The Balaban J connectivity index is 1.86. The standard InChI is InChI=1S/C11H19BrN2O/c12-5-1-2-6-14-7-3-4-9-10(14)8-13-11(9)15/h9-10H,1-8H2,(H,13,15). The van der Waals surface area contributed by atoms with Gasteiger partial charge in [0, 0.05) is 17.9 Å². The molecule has 0 aliphatic carbocycles. The number of fused-ring (bicyclic) bond motifs is 1. The molecule has 2 heterocycles. The summed E-state index contributed by atoms with van der Waals surface area (Å²) >= 11 is 3.46. The van der Waals surface area contributed by atoms with Crippen LogP contribution in [0.2, 0.25) is 0 Å². The topological polar surface area (TPSA) is 32.3 Å². The van der Waals surface area contributed by atoms with E-state index in [0.29, 0.717) is 6.04 Å². The van der Waals surface area contributed by atoms with Crippen LogP contribution in [-0.2, 0) is 4.79 Å². The highest BCUT2D eigenvalue weighted by Gasteiger charge is 2.40. The lowest BCUT2D eigenvalue weighted by molar-refractivity contribution is -0.124. The van der Waals surface area contributed by atoms with E-state index in [1.54, 1.807) is 0 Å². The normalized spacial score (nSPS) is 31.4. The molecule has 0 bridgehead atoms. The second-order valence-corrected chi connectivity index (χ2v) is 5.29. The fourth-order valence-electron chi connectivity index (χ4n) is 2.73. The summed E-state index contributed by atoms with van der Waals surface area (Å²) in [5, 5.41) is 4.08. The van der Waals surface area contributed by atoms with Crippen LogP contribution in [0.15, 0.2) is 0 Å². The number of piperidine rings is 1. The molecule has 0 aromatic carbocycles. The van der Waals surface area contributed by atoms with Gasteiger partial charge < -0.3 is 5.32 Å². The Kier molecular flexibility index (Phi) is 4.03. The maximum atomic E-state index is 11.5. The number of unbranched alkanes of at least 4 members (excludes halogenated alkanes) is 1. The summed E-state index contributed by atoms with van der Waals surface area (Å²) in [6, 6.07) is 0.488. The van der Waals surface area contributed by atoms with Crippen molar-refractivity contribution in [2.75, 3.05) is 25.0 Å². The molecule has 2 saturated heterocycles. The van der Waals surface area contributed by atoms with Crippen molar-refractivity contribution in [3.05, 3.63) is 0 Å². The number of amides is 1. The van der Waals surface area contributed by atoms with Gasteiger partial charge in [0.15, 0.2) is 0 Å².